The fourth-order valence-electron chi connectivity index (χ4n) is 3.35. The van der Waals surface area contributed by atoms with Gasteiger partial charge in [-0.05, 0) is 54.7 Å². The molecule has 0 N–H and O–H groups in total. The summed E-state index contributed by atoms with van der Waals surface area (Å²) >= 11 is 0. The molecule has 4 rings (SSSR count). The minimum absolute atomic E-state index is 0.117. The average molecular weight is 399 g/mol. The van der Waals surface area contributed by atoms with Gasteiger partial charge in [0.05, 0.1) is 16.7 Å². The Bertz CT molecular complexity index is 1160. The van der Waals surface area contributed by atoms with Gasteiger partial charge in [-0.3, -0.25) is 4.79 Å². The lowest BCUT2D eigenvalue weighted by atomic mass is 9.94. The number of aromatic nitrogens is 1. The smallest absolute Gasteiger partial charge is 0.198 e. The van der Waals surface area contributed by atoms with Gasteiger partial charge in [-0.25, -0.2) is 12.8 Å². The minimum atomic E-state index is -3.45. The highest BCUT2D eigenvalue weighted by molar-refractivity contribution is 7.90. The zero-order chi connectivity index (χ0) is 19.9. The van der Waals surface area contributed by atoms with E-state index in [0.717, 1.165) is 19.1 Å². The monoisotopic (exact) mass is 399 g/mol. The summed E-state index contributed by atoms with van der Waals surface area (Å²) in [6.07, 6.45) is 4.54. The molecule has 1 aliphatic rings. The summed E-state index contributed by atoms with van der Waals surface area (Å²) in [4.78, 5) is 13.3. The van der Waals surface area contributed by atoms with Crippen molar-refractivity contribution in [3.63, 3.8) is 0 Å². The molecule has 1 aliphatic carbocycles. The Labute approximate surface area is 162 Å². The van der Waals surface area contributed by atoms with E-state index in [2.05, 4.69) is 5.16 Å². The van der Waals surface area contributed by atoms with Gasteiger partial charge in [-0.1, -0.05) is 23.4 Å². The van der Waals surface area contributed by atoms with Crippen LogP contribution in [0.25, 0.3) is 0 Å². The number of carbonyl (C=O) groups excluding carboxylic acids is 1. The molecular formula is C21H18FNO4S. The van der Waals surface area contributed by atoms with Crippen molar-refractivity contribution in [1.29, 1.82) is 0 Å². The van der Waals surface area contributed by atoms with Crippen LogP contribution in [0.15, 0.2) is 58.1 Å². The van der Waals surface area contributed by atoms with Crippen LogP contribution in [0.2, 0.25) is 0 Å². The minimum Gasteiger partial charge on any atom is -0.360 e. The molecule has 0 bridgehead atoms. The molecule has 1 fully saturated rings. The van der Waals surface area contributed by atoms with E-state index in [1.165, 1.54) is 30.5 Å². The zero-order valence-corrected chi connectivity index (χ0v) is 16.0. The Morgan fingerprint density at radius 2 is 1.89 bits per heavy atom. The number of hydrogen-bond donors (Lipinski definition) is 0. The summed E-state index contributed by atoms with van der Waals surface area (Å²) in [6, 6.07) is 10.5. The van der Waals surface area contributed by atoms with Crippen molar-refractivity contribution in [1.82, 2.24) is 5.16 Å². The van der Waals surface area contributed by atoms with Crippen molar-refractivity contribution < 1.29 is 22.1 Å². The maximum absolute atomic E-state index is 13.9. The van der Waals surface area contributed by atoms with Gasteiger partial charge in [-0.2, -0.15) is 0 Å². The Morgan fingerprint density at radius 3 is 2.61 bits per heavy atom. The lowest BCUT2D eigenvalue weighted by Gasteiger charge is -2.12. The molecule has 0 unspecified atom stereocenters. The predicted molar refractivity (Wildman–Crippen MR) is 101 cm³/mol. The second-order valence-electron chi connectivity index (χ2n) is 7.07. The number of sulfone groups is 1. The molecule has 0 aliphatic heterocycles. The van der Waals surface area contributed by atoms with E-state index in [0.29, 0.717) is 28.0 Å². The van der Waals surface area contributed by atoms with E-state index >= 15 is 0 Å². The number of benzene rings is 2. The number of ketones is 1. The predicted octanol–water partition coefficient (Wildman–Crippen LogP) is 3.92. The largest absolute Gasteiger partial charge is 0.360 e. The van der Waals surface area contributed by atoms with Crippen molar-refractivity contribution in [2.75, 3.05) is 6.26 Å². The number of halogens is 1. The third-order valence-electron chi connectivity index (χ3n) is 4.86. The second-order valence-corrected chi connectivity index (χ2v) is 9.05. The van der Waals surface area contributed by atoms with E-state index < -0.39 is 15.7 Å². The van der Waals surface area contributed by atoms with Crippen LogP contribution in [0, 0.1) is 5.82 Å². The third-order valence-corrected chi connectivity index (χ3v) is 6.05. The summed E-state index contributed by atoms with van der Waals surface area (Å²) in [5.74, 6) is -0.0146. The molecule has 3 aromatic rings. The van der Waals surface area contributed by atoms with E-state index in [4.69, 9.17) is 4.52 Å². The molecule has 0 atom stereocenters. The van der Waals surface area contributed by atoms with E-state index in [1.54, 1.807) is 18.2 Å². The fourth-order valence-corrected chi connectivity index (χ4v) is 4.29. The molecule has 1 heterocycles. The first-order valence-corrected chi connectivity index (χ1v) is 10.8. The fraction of sp³-hybridized carbons (Fsp3) is 0.238. The summed E-state index contributed by atoms with van der Waals surface area (Å²) in [6.45, 7) is 0. The molecule has 1 aromatic heterocycles. The Hall–Kier alpha value is -2.80. The van der Waals surface area contributed by atoms with E-state index in [1.807, 2.05) is 0 Å². The van der Waals surface area contributed by atoms with Gasteiger partial charge >= 0.3 is 0 Å². The Morgan fingerprint density at radius 1 is 1.14 bits per heavy atom. The lowest BCUT2D eigenvalue weighted by molar-refractivity contribution is 0.103. The van der Waals surface area contributed by atoms with Gasteiger partial charge in [0.2, 0.25) is 0 Å². The molecule has 7 heteroatoms. The van der Waals surface area contributed by atoms with Crippen LogP contribution in [-0.2, 0) is 16.3 Å². The van der Waals surface area contributed by atoms with Gasteiger partial charge in [0, 0.05) is 17.7 Å². The van der Waals surface area contributed by atoms with Crippen LogP contribution in [0.5, 0.6) is 0 Å². The summed E-state index contributed by atoms with van der Waals surface area (Å²) in [5, 5.41) is 3.76. The van der Waals surface area contributed by atoms with Gasteiger partial charge in [0.15, 0.2) is 21.4 Å². The number of hydrogen-bond acceptors (Lipinski definition) is 5. The number of nitrogens with zero attached hydrogens (tertiary/aromatic N) is 1. The van der Waals surface area contributed by atoms with Crippen molar-refractivity contribution in [3.8, 4) is 0 Å². The van der Waals surface area contributed by atoms with Crippen LogP contribution in [0.1, 0.15) is 51.6 Å². The van der Waals surface area contributed by atoms with Gasteiger partial charge in [-0.15, -0.1) is 0 Å². The maximum atomic E-state index is 13.9. The third kappa shape index (κ3) is 3.62. The molecule has 0 spiro atoms. The van der Waals surface area contributed by atoms with E-state index in [9.17, 15) is 17.6 Å². The van der Waals surface area contributed by atoms with Crippen LogP contribution in [0.4, 0.5) is 4.39 Å². The molecular weight excluding hydrogens is 381 g/mol. The molecule has 2 aromatic carbocycles. The van der Waals surface area contributed by atoms with Crippen LogP contribution in [0.3, 0.4) is 0 Å². The quantitative estimate of drug-likeness (QED) is 0.587. The first kappa shape index (κ1) is 18.6. The van der Waals surface area contributed by atoms with E-state index in [-0.39, 0.29) is 23.0 Å². The van der Waals surface area contributed by atoms with Crippen molar-refractivity contribution in [2.45, 2.75) is 30.1 Å². The normalized spacial score (nSPS) is 14.2. The Balaban J connectivity index is 1.76. The number of rotatable bonds is 6. The molecule has 144 valence electrons. The van der Waals surface area contributed by atoms with Crippen molar-refractivity contribution in [3.05, 3.63) is 82.5 Å². The van der Waals surface area contributed by atoms with Crippen molar-refractivity contribution >= 4 is 15.6 Å². The zero-order valence-electron chi connectivity index (χ0n) is 15.2. The van der Waals surface area contributed by atoms with Crippen molar-refractivity contribution in [2.24, 2.45) is 0 Å². The maximum Gasteiger partial charge on any atom is 0.198 e. The molecule has 0 saturated heterocycles. The Kier molecular flexibility index (Phi) is 4.63. The van der Waals surface area contributed by atoms with Gasteiger partial charge in [0.25, 0.3) is 0 Å². The SMILES string of the molecule is CS(=O)(=O)c1ccccc1Cc1cc(F)ccc1C(=O)c1cnoc1C1CC1. The molecule has 28 heavy (non-hydrogen) atoms. The highest BCUT2D eigenvalue weighted by Crippen LogP contribution is 2.42. The summed E-state index contributed by atoms with van der Waals surface area (Å²) in [5.41, 5.74) is 1.63. The molecule has 0 amide bonds. The average Bonchev–Trinajstić information content (AvgIpc) is 3.37. The highest BCUT2D eigenvalue weighted by atomic mass is 32.2. The van der Waals surface area contributed by atoms with Crippen LogP contribution in [-0.4, -0.2) is 25.6 Å². The molecule has 5 nitrogen and oxygen atoms in total. The van der Waals surface area contributed by atoms with Crippen LogP contribution < -0.4 is 0 Å². The van der Waals surface area contributed by atoms with Gasteiger partial charge in [0.1, 0.15) is 5.82 Å². The molecule has 1 saturated carbocycles. The second kappa shape index (κ2) is 6.98. The van der Waals surface area contributed by atoms with Crippen LogP contribution >= 0.6 is 0 Å². The summed E-state index contributed by atoms with van der Waals surface area (Å²) < 4.78 is 43.4. The first-order chi connectivity index (χ1) is 13.3. The van der Waals surface area contributed by atoms with Gasteiger partial charge < -0.3 is 4.52 Å². The molecule has 0 radical (unpaired) electrons. The highest BCUT2D eigenvalue weighted by Gasteiger charge is 2.33. The topological polar surface area (TPSA) is 77.2 Å². The number of carbonyl (C=O) groups is 1. The standard InChI is InChI=1S/C21H18FNO4S/c1-28(25,26)19-5-3-2-4-14(19)10-15-11-16(22)8-9-17(15)20(24)18-12-23-27-21(18)13-6-7-13/h2-5,8-9,11-13H,6-7,10H2,1H3. The summed E-state index contributed by atoms with van der Waals surface area (Å²) in [7, 11) is -3.45. The first-order valence-electron chi connectivity index (χ1n) is 8.90. The lowest BCUT2D eigenvalue weighted by Crippen LogP contribution is -2.09.